The molecule has 0 aliphatic heterocycles. The van der Waals surface area contributed by atoms with Crippen molar-refractivity contribution >= 4 is 15.7 Å². The molecular weight excluding hydrogens is 429 g/mol. The van der Waals surface area contributed by atoms with Crippen molar-refractivity contribution in [2.45, 2.75) is 41.5 Å². The van der Waals surface area contributed by atoms with E-state index in [2.05, 4.69) is 0 Å². The molecule has 1 aliphatic carbocycles. The van der Waals surface area contributed by atoms with Crippen LogP contribution in [-0.4, -0.2) is 14.3 Å². The molecule has 0 saturated heterocycles. The Labute approximate surface area is 169 Å². The third kappa shape index (κ3) is 3.80. The van der Waals surface area contributed by atoms with Crippen molar-refractivity contribution in [3.8, 4) is 0 Å². The van der Waals surface area contributed by atoms with Gasteiger partial charge in [0, 0.05) is 11.5 Å². The molecule has 1 N–H and O–H groups in total. The van der Waals surface area contributed by atoms with Gasteiger partial charge in [0.2, 0.25) is 5.91 Å². The average Bonchev–Trinajstić information content (AvgIpc) is 2.69. The molecule has 0 bridgehead atoms. The number of nitrogens with one attached hydrogen (secondary N) is 1. The van der Waals surface area contributed by atoms with Gasteiger partial charge in [-0.3, -0.25) is 10.5 Å². The molecule has 0 heterocycles. The van der Waals surface area contributed by atoms with Crippen LogP contribution in [0.2, 0.25) is 0 Å². The molecule has 0 aromatic heterocycles. The lowest BCUT2D eigenvalue weighted by atomic mass is 9.77. The molecule has 2 aromatic carbocycles. The molecule has 4 nitrogen and oxygen atoms in total. The summed E-state index contributed by atoms with van der Waals surface area (Å²) < 4.78 is 92.1. The number of hydrogen-bond donors (Lipinski definition) is 0. The number of sulfone groups is 1. The Bertz CT molecular complexity index is 1060. The quantitative estimate of drug-likeness (QED) is 0.642. The van der Waals surface area contributed by atoms with Gasteiger partial charge >= 0.3 is 6.18 Å². The lowest BCUT2D eigenvalue weighted by Crippen LogP contribution is -2.42. The van der Waals surface area contributed by atoms with Crippen LogP contribution in [0, 0.1) is 17.6 Å². The van der Waals surface area contributed by atoms with Crippen LogP contribution in [0.1, 0.15) is 36.8 Å². The molecule has 2 aromatic rings. The van der Waals surface area contributed by atoms with E-state index in [-0.39, 0.29) is 25.7 Å². The van der Waals surface area contributed by atoms with Gasteiger partial charge in [0.15, 0.2) is 9.84 Å². The second kappa shape index (κ2) is 7.64. The summed E-state index contributed by atoms with van der Waals surface area (Å²) in [4.78, 5) is 10.9. The normalized spacial score (nSPS) is 22.6. The van der Waals surface area contributed by atoms with Crippen LogP contribution in [0.4, 0.5) is 22.0 Å². The first kappa shape index (κ1) is 22.2. The summed E-state index contributed by atoms with van der Waals surface area (Å²) in [6.45, 7) is 0. The van der Waals surface area contributed by atoms with Crippen molar-refractivity contribution in [2.24, 2.45) is 5.92 Å². The SMILES string of the molecule is [NH]C(=O)C1CCC(c2cc(F)ccc2F)(S(=O)(=O)c2ccc(C(F)(F)F)cc2)CC1. The average molecular weight is 446 g/mol. The summed E-state index contributed by atoms with van der Waals surface area (Å²) in [6, 6.07) is 5.19. The van der Waals surface area contributed by atoms with Crippen LogP contribution in [0.15, 0.2) is 47.4 Å². The number of alkyl halides is 3. The van der Waals surface area contributed by atoms with Crippen molar-refractivity contribution in [2.75, 3.05) is 0 Å². The summed E-state index contributed by atoms with van der Waals surface area (Å²) in [5, 5.41) is 0. The van der Waals surface area contributed by atoms with Crippen LogP contribution in [0.5, 0.6) is 0 Å². The van der Waals surface area contributed by atoms with E-state index in [9.17, 15) is 35.2 Å². The second-order valence-corrected chi connectivity index (χ2v) is 9.54. The molecule has 1 radical (unpaired) electrons. The first-order valence-corrected chi connectivity index (χ1v) is 10.5. The first-order valence-electron chi connectivity index (χ1n) is 9.01. The highest BCUT2D eigenvalue weighted by molar-refractivity contribution is 7.92. The topological polar surface area (TPSA) is 75.0 Å². The molecule has 0 unspecified atom stereocenters. The fraction of sp³-hybridized carbons (Fsp3) is 0.350. The Kier molecular flexibility index (Phi) is 5.66. The van der Waals surface area contributed by atoms with E-state index < -0.39 is 60.2 Å². The molecule has 30 heavy (non-hydrogen) atoms. The van der Waals surface area contributed by atoms with Gasteiger partial charge < -0.3 is 0 Å². The van der Waals surface area contributed by atoms with Gasteiger partial charge in [-0.25, -0.2) is 17.2 Å². The number of carbonyl (C=O) groups excluding carboxylic acids is 1. The van der Waals surface area contributed by atoms with Gasteiger partial charge in [0.05, 0.1) is 10.5 Å². The van der Waals surface area contributed by atoms with E-state index in [0.717, 1.165) is 30.3 Å². The number of benzene rings is 2. The Morgan fingerprint density at radius 1 is 1.00 bits per heavy atom. The summed E-state index contributed by atoms with van der Waals surface area (Å²) >= 11 is 0. The number of hydrogen-bond acceptors (Lipinski definition) is 3. The first-order chi connectivity index (χ1) is 13.9. The van der Waals surface area contributed by atoms with Crippen LogP contribution in [0.25, 0.3) is 0 Å². The molecule has 1 saturated carbocycles. The summed E-state index contributed by atoms with van der Waals surface area (Å²) in [5.41, 5.74) is 5.78. The molecular formula is C20H17F5NO3S. The number of carbonyl (C=O) groups is 1. The Balaban J connectivity index is 2.15. The zero-order chi connectivity index (χ0) is 22.3. The predicted octanol–water partition coefficient (Wildman–Crippen LogP) is 4.65. The fourth-order valence-electron chi connectivity index (χ4n) is 3.92. The number of halogens is 5. The molecule has 1 fully saturated rings. The highest BCUT2D eigenvalue weighted by atomic mass is 32.2. The molecule has 0 spiro atoms. The van der Waals surface area contributed by atoms with Gasteiger partial charge in [-0.05, 0) is 68.1 Å². The van der Waals surface area contributed by atoms with E-state index in [1.165, 1.54) is 0 Å². The van der Waals surface area contributed by atoms with Gasteiger partial charge in [-0.1, -0.05) is 0 Å². The van der Waals surface area contributed by atoms with Crippen molar-refractivity contribution in [3.63, 3.8) is 0 Å². The summed E-state index contributed by atoms with van der Waals surface area (Å²) in [6.07, 6.45) is -5.30. The van der Waals surface area contributed by atoms with Crippen LogP contribution >= 0.6 is 0 Å². The Morgan fingerprint density at radius 2 is 1.57 bits per heavy atom. The predicted molar refractivity (Wildman–Crippen MR) is 96.7 cm³/mol. The van der Waals surface area contributed by atoms with Crippen molar-refractivity contribution in [1.82, 2.24) is 5.73 Å². The molecule has 0 atom stereocenters. The minimum Gasteiger partial charge on any atom is -0.273 e. The van der Waals surface area contributed by atoms with Crippen LogP contribution in [0.3, 0.4) is 0 Å². The Morgan fingerprint density at radius 3 is 2.07 bits per heavy atom. The number of rotatable bonds is 4. The van der Waals surface area contributed by atoms with E-state index in [1.54, 1.807) is 0 Å². The maximum absolute atomic E-state index is 14.6. The van der Waals surface area contributed by atoms with Crippen LogP contribution in [-0.2, 0) is 25.6 Å². The standard InChI is InChI=1S/C20H17F5NO3S/c21-14-3-6-17(22)16(11-14)19(9-7-12(8-10-19)18(26)27)30(28,29)15-4-1-13(2-5-15)20(23,24)25/h1-6,11-12,26H,7-10H2. The zero-order valence-corrected chi connectivity index (χ0v) is 16.3. The maximum atomic E-state index is 14.6. The fourth-order valence-corrected chi connectivity index (χ4v) is 6.09. The van der Waals surface area contributed by atoms with E-state index >= 15 is 0 Å². The van der Waals surface area contributed by atoms with Crippen molar-refractivity contribution in [1.29, 1.82) is 0 Å². The van der Waals surface area contributed by atoms with Gasteiger partial charge in [0.25, 0.3) is 0 Å². The lowest BCUT2D eigenvalue weighted by Gasteiger charge is -2.39. The zero-order valence-electron chi connectivity index (χ0n) is 15.5. The van der Waals surface area contributed by atoms with Gasteiger partial charge in [-0.15, -0.1) is 0 Å². The largest absolute Gasteiger partial charge is 0.416 e. The smallest absolute Gasteiger partial charge is 0.273 e. The lowest BCUT2D eigenvalue weighted by molar-refractivity contribution is -0.137. The maximum Gasteiger partial charge on any atom is 0.416 e. The molecule has 1 aliphatic rings. The molecule has 3 rings (SSSR count). The van der Waals surface area contributed by atoms with Crippen molar-refractivity contribution in [3.05, 3.63) is 65.2 Å². The van der Waals surface area contributed by atoms with Gasteiger partial charge in [0.1, 0.15) is 16.4 Å². The van der Waals surface area contributed by atoms with E-state index in [4.69, 9.17) is 5.73 Å². The van der Waals surface area contributed by atoms with E-state index in [1.807, 2.05) is 0 Å². The monoisotopic (exact) mass is 446 g/mol. The third-order valence-electron chi connectivity index (χ3n) is 5.59. The minimum absolute atomic E-state index is 0.0435. The van der Waals surface area contributed by atoms with Crippen LogP contribution < -0.4 is 5.73 Å². The summed E-state index contributed by atoms with van der Waals surface area (Å²) in [7, 11) is -4.47. The van der Waals surface area contributed by atoms with Gasteiger partial charge in [-0.2, -0.15) is 13.2 Å². The number of amides is 1. The Hall–Kier alpha value is -2.49. The third-order valence-corrected chi connectivity index (χ3v) is 8.14. The highest BCUT2D eigenvalue weighted by Crippen LogP contribution is 2.49. The molecule has 10 heteroatoms. The minimum atomic E-state index is -4.67. The van der Waals surface area contributed by atoms with E-state index in [0.29, 0.717) is 12.1 Å². The highest BCUT2D eigenvalue weighted by Gasteiger charge is 2.50. The second-order valence-electron chi connectivity index (χ2n) is 7.28. The van der Waals surface area contributed by atoms with Crippen molar-refractivity contribution < 1.29 is 35.2 Å². The molecule has 1 amide bonds. The summed E-state index contributed by atoms with van der Waals surface area (Å²) in [5.74, 6) is -3.46. The molecule has 161 valence electrons.